The number of nitrogens with zero attached hydrogens (tertiary/aromatic N) is 4. The molecule has 1 N–H and O–H groups in total. The van der Waals surface area contributed by atoms with Crippen molar-refractivity contribution in [3.8, 4) is 10.8 Å². The molecule has 0 aliphatic carbocycles. The van der Waals surface area contributed by atoms with Crippen LogP contribution in [0.1, 0.15) is 17.4 Å². The molecular weight excluding hydrogens is 278 g/mol. The molecule has 3 rings (SSSR count). The van der Waals surface area contributed by atoms with Crippen LogP contribution in [0, 0.1) is 0 Å². The van der Waals surface area contributed by atoms with Crippen LogP contribution in [0.25, 0.3) is 10.8 Å². The first kappa shape index (κ1) is 12.5. The number of hydrogen-bond acceptors (Lipinski definition) is 6. The number of nitrogens with one attached hydrogen (secondary N) is 1. The Morgan fingerprint density at radius 3 is 3.05 bits per heavy atom. The number of aryl methyl sites for hydroxylation is 1. The van der Waals surface area contributed by atoms with Gasteiger partial charge in [0, 0.05) is 12.7 Å². The minimum atomic E-state index is -0.376. The van der Waals surface area contributed by atoms with Crippen molar-refractivity contribution >= 4 is 23.3 Å². The third-order valence-electron chi connectivity index (χ3n) is 2.57. The Morgan fingerprint density at radius 1 is 1.45 bits per heavy atom. The molecule has 0 aromatic carbocycles. The minimum Gasteiger partial charge on any atom is -0.402 e. The molecule has 0 bridgehead atoms. The Morgan fingerprint density at radius 2 is 2.35 bits per heavy atom. The van der Waals surface area contributed by atoms with Crippen LogP contribution in [0.4, 0.5) is 6.01 Å². The fourth-order valence-corrected chi connectivity index (χ4v) is 2.24. The Kier molecular flexibility index (Phi) is 3.30. The van der Waals surface area contributed by atoms with Gasteiger partial charge in [0.05, 0.1) is 4.88 Å². The van der Waals surface area contributed by atoms with Crippen LogP contribution in [0.5, 0.6) is 0 Å². The number of carbonyl (C=O) groups is 1. The number of thiophene rings is 1. The fourth-order valence-electron chi connectivity index (χ4n) is 1.59. The van der Waals surface area contributed by atoms with E-state index in [1.54, 1.807) is 16.9 Å². The third-order valence-corrected chi connectivity index (χ3v) is 3.43. The van der Waals surface area contributed by atoms with E-state index in [9.17, 15) is 4.79 Å². The lowest BCUT2D eigenvalue weighted by Crippen LogP contribution is -2.13. The van der Waals surface area contributed by atoms with E-state index in [1.807, 2.05) is 24.4 Å². The van der Waals surface area contributed by atoms with E-state index in [0.29, 0.717) is 18.1 Å². The molecule has 0 aliphatic heterocycles. The average molecular weight is 289 g/mol. The number of aromatic nitrogens is 4. The van der Waals surface area contributed by atoms with Gasteiger partial charge in [-0.15, -0.1) is 16.4 Å². The van der Waals surface area contributed by atoms with E-state index in [0.717, 1.165) is 4.88 Å². The highest BCUT2D eigenvalue weighted by Gasteiger charge is 2.14. The predicted molar refractivity (Wildman–Crippen MR) is 73.5 cm³/mol. The smallest absolute Gasteiger partial charge is 0.322 e. The first-order valence-electron chi connectivity index (χ1n) is 5.98. The van der Waals surface area contributed by atoms with Crippen LogP contribution >= 0.6 is 11.3 Å². The zero-order valence-electron chi connectivity index (χ0n) is 10.6. The summed E-state index contributed by atoms with van der Waals surface area (Å²) in [6.07, 6.45) is 1.74. The van der Waals surface area contributed by atoms with Gasteiger partial charge in [-0.3, -0.25) is 14.8 Å². The van der Waals surface area contributed by atoms with Crippen molar-refractivity contribution in [1.29, 1.82) is 0 Å². The quantitative estimate of drug-likeness (QED) is 0.796. The lowest BCUT2D eigenvalue weighted by molar-refractivity contribution is 0.101. The third kappa shape index (κ3) is 2.45. The van der Waals surface area contributed by atoms with Crippen LogP contribution in [-0.4, -0.2) is 25.9 Å². The van der Waals surface area contributed by atoms with Crippen LogP contribution in [0.2, 0.25) is 0 Å². The fraction of sp³-hybridized carbons (Fsp3) is 0.167. The molecule has 1 amide bonds. The molecule has 0 saturated heterocycles. The second kappa shape index (κ2) is 5.25. The number of carbonyl (C=O) groups excluding carboxylic acids is 1. The highest BCUT2D eigenvalue weighted by atomic mass is 32.1. The summed E-state index contributed by atoms with van der Waals surface area (Å²) in [6, 6.07) is 5.45. The van der Waals surface area contributed by atoms with E-state index in [1.165, 1.54) is 11.3 Å². The molecule has 0 spiro atoms. The summed E-state index contributed by atoms with van der Waals surface area (Å²) < 4.78 is 7.04. The molecule has 3 heterocycles. The second-order valence-electron chi connectivity index (χ2n) is 3.90. The van der Waals surface area contributed by atoms with Gasteiger partial charge < -0.3 is 4.42 Å². The largest absolute Gasteiger partial charge is 0.402 e. The van der Waals surface area contributed by atoms with Gasteiger partial charge in [-0.05, 0) is 24.4 Å². The Bertz CT molecular complexity index is 716. The Labute approximate surface area is 118 Å². The lowest BCUT2D eigenvalue weighted by atomic mass is 10.4. The van der Waals surface area contributed by atoms with Gasteiger partial charge in [0.15, 0.2) is 5.69 Å². The standard InChI is InChI=1S/C12H11N5O2S/c1-2-17-6-5-8(16-17)10(18)13-12-15-14-11(19-12)9-4-3-7-20-9/h3-7H,2H2,1H3,(H,13,15,18). The van der Waals surface area contributed by atoms with Gasteiger partial charge in [-0.2, -0.15) is 5.10 Å². The van der Waals surface area contributed by atoms with Crippen LogP contribution in [-0.2, 0) is 6.54 Å². The summed E-state index contributed by atoms with van der Waals surface area (Å²) >= 11 is 1.49. The van der Waals surface area contributed by atoms with Crippen molar-refractivity contribution < 1.29 is 9.21 Å². The Balaban J connectivity index is 1.73. The summed E-state index contributed by atoms with van der Waals surface area (Å²) in [5, 5.41) is 16.2. The molecule has 0 atom stereocenters. The monoisotopic (exact) mass is 289 g/mol. The normalized spacial score (nSPS) is 10.7. The molecule has 3 aromatic heterocycles. The summed E-state index contributed by atoms with van der Waals surface area (Å²) in [4.78, 5) is 12.8. The van der Waals surface area contributed by atoms with Gasteiger partial charge in [-0.25, -0.2) is 0 Å². The highest BCUT2D eigenvalue weighted by Crippen LogP contribution is 2.24. The summed E-state index contributed by atoms with van der Waals surface area (Å²) in [5.74, 6) is 0.00738. The van der Waals surface area contributed by atoms with Gasteiger partial charge in [-0.1, -0.05) is 11.2 Å². The molecule has 3 aromatic rings. The number of rotatable bonds is 4. The molecule has 0 radical (unpaired) electrons. The van der Waals surface area contributed by atoms with Gasteiger partial charge >= 0.3 is 6.01 Å². The summed E-state index contributed by atoms with van der Waals surface area (Å²) in [6.45, 7) is 2.65. The molecule has 7 nitrogen and oxygen atoms in total. The van der Waals surface area contributed by atoms with Gasteiger partial charge in [0.2, 0.25) is 0 Å². The maximum atomic E-state index is 11.9. The van der Waals surface area contributed by atoms with Crippen molar-refractivity contribution in [2.75, 3.05) is 5.32 Å². The zero-order chi connectivity index (χ0) is 13.9. The molecule has 20 heavy (non-hydrogen) atoms. The first-order valence-corrected chi connectivity index (χ1v) is 6.86. The van der Waals surface area contributed by atoms with Gasteiger partial charge in [0.25, 0.3) is 11.8 Å². The highest BCUT2D eigenvalue weighted by molar-refractivity contribution is 7.13. The van der Waals surface area contributed by atoms with Crippen molar-refractivity contribution in [2.45, 2.75) is 13.5 Å². The molecule has 102 valence electrons. The van der Waals surface area contributed by atoms with E-state index in [2.05, 4.69) is 20.6 Å². The Hall–Kier alpha value is -2.48. The SMILES string of the molecule is CCn1ccc(C(=O)Nc2nnc(-c3cccs3)o2)n1. The van der Waals surface area contributed by atoms with E-state index in [-0.39, 0.29) is 11.9 Å². The topological polar surface area (TPSA) is 85.8 Å². The molecule has 8 heteroatoms. The molecular formula is C12H11N5O2S. The van der Waals surface area contributed by atoms with Crippen molar-refractivity contribution in [3.63, 3.8) is 0 Å². The molecule has 0 fully saturated rings. The minimum absolute atomic E-state index is 0.0597. The van der Waals surface area contributed by atoms with Crippen molar-refractivity contribution in [2.24, 2.45) is 0 Å². The lowest BCUT2D eigenvalue weighted by Gasteiger charge is -1.96. The molecule has 0 aliphatic rings. The van der Waals surface area contributed by atoms with E-state index >= 15 is 0 Å². The zero-order valence-corrected chi connectivity index (χ0v) is 11.4. The molecule has 0 unspecified atom stereocenters. The summed E-state index contributed by atoms with van der Waals surface area (Å²) in [5.41, 5.74) is 0.308. The molecule has 0 saturated carbocycles. The van der Waals surface area contributed by atoms with Crippen LogP contribution in [0.15, 0.2) is 34.2 Å². The second-order valence-corrected chi connectivity index (χ2v) is 4.85. The van der Waals surface area contributed by atoms with Crippen LogP contribution < -0.4 is 5.32 Å². The number of amides is 1. The number of hydrogen-bond donors (Lipinski definition) is 1. The summed E-state index contributed by atoms with van der Waals surface area (Å²) in [7, 11) is 0. The predicted octanol–water partition coefficient (Wildman–Crippen LogP) is 2.27. The van der Waals surface area contributed by atoms with Gasteiger partial charge in [0.1, 0.15) is 0 Å². The van der Waals surface area contributed by atoms with Crippen LogP contribution in [0.3, 0.4) is 0 Å². The average Bonchev–Trinajstić information content (AvgIpc) is 3.19. The number of anilines is 1. The maximum Gasteiger partial charge on any atom is 0.322 e. The first-order chi connectivity index (χ1) is 9.76. The van der Waals surface area contributed by atoms with Crippen molar-refractivity contribution in [3.05, 3.63) is 35.5 Å². The van der Waals surface area contributed by atoms with E-state index in [4.69, 9.17) is 4.42 Å². The van der Waals surface area contributed by atoms with Crippen molar-refractivity contribution in [1.82, 2.24) is 20.0 Å². The maximum absolute atomic E-state index is 11.9. The van der Waals surface area contributed by atoms with E-state index < -0.39 is 0 Å².